The van der Waals surface area contributed by atoms with E-state index in [1.165, 1.54) is 6.92 Å². The summed E-state index contributed by atoms with van der Waals surface area (Å²) < 4.78 is 70.5. The van der Waals surface area contributed by atoms with Gasteiger partial charge in [-0.2, -0.15) is 0 Å². The molecule has 0 aromatic carbocycles. The van der Waals surface area contributed by atoms with E-state index in [-0.39, 0.29) is 36.5 Å². The van der Waals surface area contributed by atoms with Gasteiger partial charge in [0.1, 0.15) is 115 Å². The van der Waals surface area contributed by atoms with Crippen molar-refractivity contribution in [3.05, 3.63) is 11.6 Å². The first-order valence-corrected chi connectivity index (χ1v) is 33.2. The van der Waals surface area contributed by atoms with E-state index in [0.717, 1.165) is 5.57 Å². The Morgan fingerprint density at radius 1 is 0.537 bits per heavy atom. The zero-order valence-electron chi connectivity index (χ0n) is 54.4. The molecule has 5 aliphatic carbocycles. The van der Waals surface area contributed by atoms with Crippen LogP contribution in [0.15, 0.2) is 11.6 Å². The molecule has 10 fully saturated rings. The highest BCUT2D eigenvalue weighted by Crippen LogP contribution is 2.76. The number of fused-ring (bicyclic) bond motifs is 7. The third kappa shape index (κ3) is 12.3. The highest BCUT2D eigenvalue weighted by Gasteiger charge is 2.74. The molecule has 0 aromatic heterocycles. The summed E-state index contributed by atoms with van der Waals surface area (Å²) in [6.45, 7) is 9.12. The van der Waals surface area contributed by atoms with E-state index in [9.17, 15) is 97.0 Å². The number of aliphatic hydroxyl groups excluding tert-OH is 18. The predicted molar refractivity (Wildman–Crippen MR) is 313 cm³/mol. The van der Waals surface area contributed by atoms with Gasteiger partial charge in [0, 0.05) is 5.41 Å². The molecule has 32 heteroatoms. The van der Waals surface area contributed by atoms with Crippen molar-refractivity contribution in [3.8, 4) is 0 Å². The van der Waals surface area contributed by atoms with Gasteiger partial charge in [-0.3, -0.25) is 4.79 Å². The lowest BCUT2D eigenvalue weighted by Gasteiger charge is -2.72. The van der Waals surface area contributed by atoms with E-state index < -0.39 is 263 Å². The fraction of sp³-hybridized carbons (Fsp3) is 0.952. The fourth-order valence-electron chi connectivity index (χ4n) is 18.9. The van der Waals surface area contributed by atoms with Crippen molar-refractivity contribution < 1.29 is 159 Å². The molecule has 6 heterocycles. The largest absolute Gasteiger partial charge is 0.432 e. The second kappa shape index (κ2) is 27.3. The average Bonchev–Trinajstić information content (AvgIpc) is 0.927. The van der Waals surface area contributed by atoms with Crippen molar-refractivity contribution in [2.45, 2.75) is 277 Å². The number of allylic oxidation sites excluding steroid dienone is 2. The lowest BCUT2D eigenvalue weighted by Crippen LogP contribution is -2.71. The molecule has 0 aromatic rings. The van der Waals surface area contributed by atoms with Crippen LogP contribution in [-0.4, -0.2) is 327 Å². The first kappa shape index (κ1) is 74.2. The molecule has 4 saturated carbocycles. The maximum atomic E-state index is 15.5. The van der Waals surface area contributed by atoms with Crippen LogP contribution in [-0.2, 0) is 61.6 Å². The van der Waals surface area contributed by atoms with Crippen LogP contribution in [0.5, 0.6) is 0 Å². The van der Waals surface area contributed by atoms with Crippen molar-refractivity contribution >= 4 is 5.97 Å². The lowest BCUT2D eigenvalue weighted by atomic mass is 9.33. The van der Waals surface area contributed by atoms with E-state index in [1.807, 2.05) is 0 Å². The molecule has 0 bridgehead atoms. The third-order valence-corrected chi connectivity index (χ3v) is 24.7. The number of aliphatic hydroxyl groups is 19. The Hall–Kier alpha value is -1.99. The van der Waals surface area contributed by atoms with Gasteiger partial charge in [-0.15, -0.1) is 0 Å². The number of carbonyl (C=O) groups is 1. The van der Waals surface area contributed by atoms with Gasteiger partial charge in [0.25, 0.3) is 0 Å². The number of hydrogen-bond acceptors (Lipinski definition) is 32. The van der Waals surface area contributed by atoms with Crippen molar-refractivity contribution in [3.63, 3.8) is 0 Å². The minimum Gasteiger partial charge on any atom is -0.432 e. The smallest absolute Gasteiger partial charge is 0.317 e. The third-order valence-electron chi connectivity index (χ3n) is 24.7. The molecular weight excluding hydrogens is 1270 g/mol. The van der Waals surface area contributed by atoms with Gasteiger partial charge < -0.3 is 154 Å². The molecule has 32 nitrogen and oxygen atoms in total. The molecule has 0 amide bonds. The number of carbonyl (C=O) groups excluding carboxylic acids is 1. The fourth-order valence-corrected chi connectivity index (χ4v) is 18.9. The average molecular weight is 1370 g/mol. The van der Waals surface area contributed by atoms with Crippen molar-refractivity contribution in [1.29, 1.82) is 0 Å². The van der Waals surface area contributed by atoms with E-state index >= 15 is 4.79 Å². The Labute approximate surface area is 548 Å². The molecule has 0 spiro atoms. The molecule has 19 N–H and O–H groups in total. The second-order valence-electron chi connectivity index (χ2n) is 30.8. The molecule has 3 unspecified atom stereocenters. The normalized spacial score (nSPS) is 55.5. The van der Waals surface area contributed by atoms with Crippen LogP contribution < -0.4 is 0 Å². The van der Waals surface area contributed by atoms with Crippen LogP contribution in [0.2, 0.25) is 0 Å². The zero-order chi connectivity index (χ0) is 69.4. The van der Waals surface area contributed by atoms with Gasteiger partial charge in [0.15, 0.2) is 37.6 Å². The molecule has 6 aliphatic heterocycles. The van der Waals surface area contributed by atoms with Crippen LogP contribution >= 0.6 is 0 Å². The molecule has 37 atom stereocenters. The van der Waals surface area contributed by atoms with Crippen molar-refractivity contribution in [2.75, 3.05) is 46.2 Å². The quantitative estimate of drug-likeness (QED) is 0.0388. The summed E-state index contributed by atoms with van der Waals surface area (Å²) in [5, 5.41) is 210. The van der Waals surface area contributed by atoms with Crippen LogP contribution in [0.4, 0.5) is 0 Å². The van der Waals surface area contributed by atoms with E-state index in [1.54, 1.807) is 6.92 Å². The molecule has 6 saturated heterocycles. The molecule has 95 heavy (non-hydrogen) atoms. The summed E-state index contributed by atoms with van der Waals surface area (Å²) >= 11 is 0. The topological polar surface area (TPSA) is 512 Å². The molecule has 11 rings (SSSR count). The van der Waals surface area contributed by atoms with Crippen LogP contribution in [0, 0.1) is 50.2 Å². The van der Waals surface area contributed by atoms with Crippen LogP contribution in [0.1, 0.15) is 99.8 Å². The first-order chi connectivity index (χ1) is 44.5. The monoisotopic (exact) mass is 1370 g/mol. The summed E-state index contributed by atoms with van der Waals surface area (Å²) in [6, 6.07) is 0. The van der Waals surface area contributed by atoms with Gasteiger partial charge in [0.05, 0.1) is 70.7 Å². The van der Waals surface area contributed by atoms with Gasteiger partial charge >= 0.3 is 5.97 Å². The molecule has 0 radical (unpaired) electrons. The van der Waals surface area contributed by atoms with E-state index in [0.29, 0.717) is 32.1 Å². The molecule has 546 valence electrons. The van der Waals surface area contributed by atoms with Gasteiger partial charge in [-0.25, -0.2) is 0 Å². The highest BCUT2D eigenvalue weighted by atomic mass is 16.8. The second-order valence-corrected chi connectivity index (χ2v) is 30.8. The number of esters is 1. The number of hydrogen-bond donors (Lipinski definition) is 19. The zero-order valence-corrected chi connectivity index (χ0v) is 54.4. The Kier molecular flexibility index (Phi) is 21.3. The van der Waals surface area contributed by atoms with Crippen molar-refractivity contribution in [1.82, 2.24) is 0 Å². The van der Waals surface area contributed by atoms with Gasteiger partial charge in [-0.05, 0) is 97.7 Å². The minimum atomic E-state index is -2.09. The predicted octanol–water partition coefficient (Wildman–Crippen LogP) is -6.53. The number of ether oxygens (including phenoxy) is 12. The van der Waals surface area contributed by atoms with Crippen molar-refractivity contribution in [2.24, 2.45) is 50.2 Å². The van der Waals surface area contributed by atoms with Gasteiger partial charge in [0.2, 0.25) is 6.29 Å². The van der Waals surface area contributed by atoms with E-state index in [4.69, 9.17) is 56.8 Å². The van der Waals surface area contributed by atoms with E-state index in [2.05, 4.69) is 40.7 Å². The molecule has 11 aliphatic rings. The summed E-state index contributed by atoms with van der Waals surface area (Å²) in [6.07, 6.45) is -41.9. The summed E-state index contributed by atoms with van der Waals surface area (Å²) in [7, 11) is 0. The SMILES string of the molecule is C[C@@H]1O[C@@H](O[C@H]2[C@H](OC(=O)[C@]34CCC(C)(C)C[C@H]3C3=CC[C@@H]5[C@@]6(C)C[C@H](O)[C@H](O[C@@H]7O[C@H](CO)[C@@H](O)[C@H](O[C@@H]8O[C@H](CO)[C@@H](O)[C@H](O)[C@H]8O)C7O)C(C)(CO)[C@@H]6CC[C@@]5(C)[C@]3(C)C[C@H]4O)OC[C@H](O)[C@@H]2O)C(O)[C@H](O)[C@H]1O[C@@H]1OC[C@@H](O)[C@H](O[C@@H]2OC[C@](O)(CO)[C@H]2O)[C@H]1O. The highest BCUT2D eigenvalue weighted by molar-refractivity contribution is 5.80. The maximum absolute atomic E-state index is 15.5. The Balaban J connectivity index is 0.796. The Morgan fingerprint density at radius 3 is 1.78 bits per heavy atom. The lowest BCUT2D eigenvalue weighted by molar-refractivity contribution is -0.375. The maximum Gasteiger partial charge on any atom is 0.317 e. The summed E-state index contributed by atoms with van der Waals surface area (Å²) in [5.41, 5.74) is -6.58. The Morgan fingerprint density at radius 2 is 1.13 bits per heavy atom. The van der Waals surface area contributed by atoms with Crippen LogP contribution in [0.3, 0.4) is 0 Å². The standard InChI is InChI=1S/C63H102O32/c1-24-44(90-50-42(79)45(29(70)20-84-50)91-55-48(81)62(83,22-67)23-86-55)39(76)41(78)51(87-24)93-47-35(72)28(69)19-85-54(47)95-56(82)63-13-12-57(2,3)14-26(63)25-8-9-33-58(4)15-27(68)49(59(5,21-66)32(58)10-11-60(33,6)61(25,7)16-34(63)71)94-53-43(80)46(37(74)31(18-65)89-53)92-52-40(77)38(75)36(73)30(17-64)88-52/h8,24,26-55,64-81,83H,9-23H2,1-7H3/t24-,26-,27-,28-,29+,30+,31+,32+,33+,34+,35-,36+,37+,38-,39-,40+,41?,42+,43?,44-,45-,46-,47+,48-,49-,50-,51-,52-,53-,54-,55-,58-,59?,60+,61+,62+,63+/m0/s1. The van der Waals surface area contributed by atoms with Gasteiger partial charge in [-0.1, -0.05) is 53.2 Å². The Bertz CT molecular complexity index is 2700. The number of rotatable bonds is 16. The first-order valence-electron chi connectivity index (χ1n) is 33.2. The van der Waals surface area contributed by atoms with Crippen LogP contribution in [0.25, 0.3) is 0 Å². The summed E-state index contributed by atoms with van der Waals surface area (Å²) in [5.74, 6) is -2.12. The minimum absolute atomic E-state index is 0.0729. The molecular formula is C63H102O32. The summed E-state index contributed by atoms with van der Waals surface area (Å²) in [4.78, 5) is 15.5.